The Morgan fingerprint density at radius 2 is 1.95 bits per heavy atom. The van der Waals surface area contributed by atoms with Gasteiger partial charge in [0, 0.05) is 6.08 Å². The molecule has 0 aromatic heterocycles. The molecule has 0 radical (unpaired) electrons. The topological polar surface area (TPSA) is 55.8 Å². The number of ether oxygens (including phenoxy) is 2. The van der Waals surface area contributed by atoms with E-state index in [2.05, 4.69) is 6.92 Å². The van der Waals surface area contributed by atoms with Gasteiger partial charge in [0.25, 0.3) is 0 Å². The molecule has 116 valence electrons. The monoisotopic (exact) mass is 292 g/mol. The molecule has 0 aliphatic carbocycles. The van der Waals surface area contributed by atoms with Crippen molar-refractivity contribution in [1.29, 1.82) is 0 Å². The molecule has 4 heteroatoms. The third-order valence-corrected chi connectivity index (χ3v) is 2.94. The average molecular weight is 292 g/mol. The molecule has 4 nitrogen and oxygen atoms in total. The van der Waals surface area contributed by atoms with Gasteiger partial charge in [-0.3, -0.25) is 0 Å². The van der Waals surface area contributed by atoms with E-state index in [0.29, 0.717) is 24.7 Å². The lowest BCUT2D eigenvalue weighted by Crippen LogP contribution is -2.01. The summed E-state index contributed by atoms with van der Waals surface area (Å²) >= 11 is 0. The van der Waals surface area contributed by atoms with Gasteiger partial charge in [-0.1, -0.05) is 32.3 Å². The van der Waals surface area contributed by atoms with Crippen molar-refractivity contribution in [2.24, 2.45) is 0 Å². The van der Waals surface area contributed by atoms with Crippen molar-refractivity contribution in [3.05, 3.63) is 29.8 Å². The van der Waals surface area contributed by atoms with Crippen molar-refractivity contribution < 1.29 is 19.4 Å². The lowest BCUT2D eigenvalue weighted by molar-refractivity contribution is -0.131. The molecule has 0 heterocycles. The van der Waals surface area contributed by atoms with Gasteiger partial charge in [-0.2, -0.15) is 0 Å². The Morgan fingerprint density at radius 1 is 1.14 bits per heavy atom. The van der Waals surface area contributed by atoms with E-state index in [0.717, 1.165) is 18.1 Å². The number of unbranched alkanes of at least 4 members (excludes halogenated alkanes) is 3. The summed E-state index contributed by atoms with van der Waals surface area (Å²) in [6.07, 6.45) is 7.27. The number of carboxylic acid groups (broad SMARTS) is 1. The first-order valence-corrected chi connectivity index (χ1v) is 7.48. The summed E-state index contributed by atoms with van der Waals surface area (Å²) < 4.78 is 11.3. The molecule has 1 aromatic carbocycles. The smallest absolute Gasteiger partial charge is 0.328 e. The van der Waals surface area contributed by atoms with Gasteiger partial charge in [-0.15, -0.1) is 0 Å². The van der Waals surface area contributed by atoms with Crippen LogP contribution in [0.25, 0.3) is 6.08 Å². The number of rotatable bonds is 10. The standard InChI is InChI=1S/C17H24O4/c1-3-5-6-7-12-21-15-10-8-14(9-11-17(18)19)13-16(15)20-4-2/h8-11,13H,3-7,12H2,1-2H3,(H,18,19)/b11-9+. The Hall–Kier alpha value is -1.97. The SMILES string of the molecule is CCCCCCOc1ccc(/C=C/C(=O)O)cc1OCC. The lowest BCUT2D eigenvalue weighted by atomic mass is 10.2. The van der Waals surface area contributed by atoms with Gasteiger partial charge in [0.2, 0.25) is 0 Å². The molecule has 0 aliphatic rings. The van der Waals surface area contributed by atoms with Crippen LogP contribution in [0, 0.1) is 0 Å². The Balaban J connectivity index is 2.67. The largest absolute Gasteiger partial charge is 0.490 e. The molecule has 0 unspecified atom stereocenters. The van der Waals surface area contributed by atoms with Crippen molar-refractivity contribution in [1.82, 2.24) is 0 Å². The lowest BCUT2D eigenvalue weighted by Gasteiger charge is -2.12. The fourth-order valence-electron chi connectivity index (χ4n) is 1.89. The third-order valence-electron chi connectivity index (χ3n) is 2.94. The predicted octanol–water partition coefficient (Wildman–Crippen LogP) is 4.14. The van der Waals surface area contributed by atoms with E-state index in [1.165, 1.54) is 25.3 Å². The maximum Gasteiger partial charge on any atom is 0.328 e. The molecule has 1 N–H and O–H groups in total. The van der Waals surface area contributed by atoms with Crippen LogP contribution in [0.3, 0.4) is 0 Å². The highest BCUT2D eigenvalue weighted by atomic mass is 16.5. The van der Waals surface area contributed by atoms with Crippen molar-refractivity contribution >= 4 is 12.0 Å². The number of hydrogen-bond donors (Lipinski definition) is 1. The molecular formula is C17H24O4. The zero-order valence-electron chi connectivity index (χ0n) is 12.8. The van der Waals surface area contributed by atoms with E-state index in [-0.39, 0.29) is 0 Å². The Morgan fingerprint density at radius 3 is 2.62 bits per heavy atom. The van der Waals surface area contributed by atoms with Gasteiger partial charge in [-0.05, 0) is 37.1 Å². The zero-order valence-corrected chi connectivity index (χ0v) is 12.8. The number of benzene rings is 1. The minimum absolute atomic E-state index is 0.540. The summed E-state index contributed by atoms with van der Waals surface area (Å²) in [4.78, 5) is 10.5. The maximum absolute atomic E-state index is 10.5. The summed E-state index contributed by atoms with van der Waals surface area (Å²) in [5.41, 5.74) is 0.777. The second-order valence-electron chi connectivity index (χ2n) is 4.72. The van der Waals surface area contributed by atoms with Crippen LogP contribution >= 0.6 is 0 Å². The van der Waals surface area contributed by atoms with Gasteiger partial charge >= 0.3 is 5.97 Å². The minimum Gasteiger partial charge on any atom is -0.490 e. The summed E-state index contributed by atoms with van der Waals surface area (Å²) in [7, 11) is 0. The highest BCUT2D eigenvalue weighted by molar-refractivity contribution is 5.85. The highest BCUT2D eigenvalue weighted by Gasteiger charge is 2.05. The zero-order chi connectivity index (χ0) is 15.5. The average Bonchev–Trinajstić information content (AvgIpc) is 2.47. The van der Waals surface area contributed by atoms with Crippen molar-refractivity contribution in [2.45, 2.75) is 39.5 Å². The van der Waals surface area contributed by atoms with Crippen molar-refractivity contribution in [2.75, 3.05) is 13.2 Å². The maximum atomic E-state index is 10.5. The van der Waals surface area contributed by atoms with E-state index in [9.17, 15) is 4.79 Å². The van der Waals surface area contributed by atoms with E-state index in [1.54, 1.807) is 6.07 Å². The molecule has 0 bridgehead atoms. The first kappa shape index (κ1) is 17.1. The second-order valence-corrected chi connectivity index (χ2v) is 4.72. The molecular weight excluding hydrogens is 268 g/mol. The van der Waals surface area contributed by atoms with Crippen LogP contribution in [-0.2, 0) is 4.79 Å². The summed E-state index contributed by atoms with van der Waals surface area (Å²) in [6, 6.07) is 5.44. The predicted molar refractivity (Wildman–Crippen MR) is 83.9 cm³/mol. The second kappa shape index (κ2) is 9.86. The molecule has 21 heavy (non-hydrogen) atoms. The van der Waals surface area contributed by atoms with Crippen molar-refractivity contribution in [3.8, 4) is 11.5 Å². The normalized spacial score (nSPS) is 10.8. The van der Waals surface area contributed by atoms with Crippen LogP contribution in [0.4, 0.5) is 0 Å². The van der Waals surface area contributed by atoms with E-state index in [4.69, 9.17) is 14.6 Å². The number of aliphatic carboxylic acids is 1. The van der Waals surface area contributed by atoms with Crippen LogP contribution in [0.1, 0.15) is 45.1 Å². The molecule has 0 amide bonds. The van der Waals surface area contributed by atoms with Gasteiger partial charge in [0.05, 0.1) is 13.2 Å². The third kappa shape index (κ3) is 6.84. The fraction of sp³-hybridized carbons (Fsp3) is 0.471. The van der Waals surface area contributed by atoms with Gasteiger partial charge in [0.1, 0.15) is 0 Å². The van der Waals surface area contributed by atoms with E-state index < -0.39 is 5.97 Å². The first-order valence-electron chi connectivity index (χ1n) is 7.48. The van der Waals surface area contributed by atoms with Gasteiger partial charge in [-0.25, -0.2) is 4.79 Å². The Kier molecular flexibility index (Phi) is 8.02. The molecule has 0 spiro atoms. The molecule has 0 aliphatic heterocycles. The summed E-state index contributed by atoms with van der Waals surface area (Å²) in [5, 5.41) is 8.65. The molecule has 0 fully saturated rings. The Labute approximate surface area is 126 Å². The fourth-order valence-corrected chi connectivity index (χ4v) is 1.89. The van der Waals surface area contributed by atoms with Gasteiger partial charge < -0.3 is 14.6 Å². The number of carboxylic acids is 1. The van der Waals surface area contributed by atoms with Crippen LogP contribution in [0.15, 0.2) is 24.3 Å². The highest BCUT2D eigenvalue weighted by Crippen LogP contribution is 2.29. The number of hydrogen-bond acceptors (Lipinski definition) is 3. The quantitative estimate of drug-likeness (QED) is 0.520. The van der Waals surface area contributed by atoms with E-state index in [1.807, 2.05) is 19.1 Å². The Bertz CT molecular complexity index is 466. The van der Waals surface area contributed by atoms with Gasteiger partial charge in [0.15, 0.2) is 11.5 Å². The van der Waals surface area contributed by atoms with Crippen LogP contribution < -0.4 is 9.47 Å². The molecule has 0 atom stereocenters. The summed E-state index contributed by atoms with van der Waals surface area (Å²) in [5.74, 6) is 0.394. The minimum atomic E-state index is -0.968. The number of carbonyl (C=O) groups is 1. The summed E-state index contributed by atoms with van der Waals surface area (Å²) in [6.45, 7) is 5.30. The van der Waals surface area contributed by atoms with Crippen LogP contribution in [-0.4, -0.2) is 24.3 Å². The first-order chi connectivity index (χ1) is 10.2. The molecule has 0 saturated carbocycles. The molecule has 1 aromatic rings. The van der Waals surface area contributed by atoms with E-state index >= 15 is 0 Å². The van der Waals surface area contributed by atoms with Crippen LogP contribution in [0.2, 0.25) is 0 Å². The molecule has 0 saturated heterocycles. The van der Waals surface area contributed by atoms with Crippen LogP contribution in [0.5, 0.6) is 11.5 Å². The molecule has 1 rings (SSSR count). The van der Waals surface area contributed by atoms with Crippen molar-refractivity contribution in [3.63, 3.8) is 0 Å².